The molecule has 3 amide bonds. The van der Waals surface area contributed by atoms with E-state index in [4.69, 9.17) is 0 Å². The molecule has 0 aliphatic carbocycles. The Bertz CT molecular complexity index is 1240. The smallest absolute Gasteiger partial charge is 0.271 e. The van der Waals surface area contributed by atoms with Crippen LogP contribution in [0.25, 0.3) is 12.2 Å². The Morgan fingerprint density at radius 1 is 1.06 bits per heavy atom. The lowest BCUT2D eigenvalue weighted by atomic mass is 10.1. The molecule has 3 heterocycles. The number of anilines is 1. The SMILES string of the molecule is O=C(NC1CCN2C(=O)c3cc(C=Cc4ccccc4)ccc3NC(=O)C12)c1cnccn1. The zero-order valence-electron chi connectivity index (χ0n) is 17.6. The number of hydrogen-bond donors (Lipinski definition) is 2. The Morgan fingerprint density at radius 2 is 1.88 bits per heavy atom. The molecule has 3 aromatic rings. The van der Waals surface area contributed by atoms with E-state index in [0.29, 0.717) is 24.2 Å². The molecule has 1 fully saturated rings. The molecule has 0 saturated carbocycles. The van der Waals surface area contributed by atoms with Crippen LogP contribution in [0.2, 0.25) is 0 Å². The van der Waals surface area contributed by atoms with Gasteiger partial charge in [0.1, 0.15) is 11.7 Å². The predicted molar refractivity (Wildman–Crippen MR) is 123 cm³/mol. The number of fused-ring (bicyclic) bond motifs is 2. The fourth-order valence-electron chi connectivity index (χ4n) is 4.22. The van der Waals surface area contributed by atoms with Crippen LogP contribution < -0.4 is 10.6 Å². The van der Waals surface area contributed by atoms with E-state index >= 15 is 0 Å². The number of amides is 3. The standard InChI is InChI=1S/C25H21N5O3/c31-23(21-15-26-11-12-27-21)29-20-10-13-30-22(20)24(32)28-19-9-8-17(14-18(19)25(30)33)7-6-16-4-2-1-3-5-16/h1-9,11-12,14-15,20,22H,10,13H2,(H,28,32)(H,29,31). The summed E-state index contributed by atoms with van der Waals surface area (Å²) in [5, 5.41) is 5.71. The van der Waals surface area contributed by atoms with Gasteiger partial charge in [0.2, 0.25) is 5.91 Å². The van der Waals surface area contributed by atoms with Crippen molar-refractivity contribution in [1.82, 2.24) is 20.2 Å². The van der Waals surface area contributed by atoms with Crippen molar-refractivity contribution >= 4 is 35.6 Å². The molecule has 0 radical (unpaired) electrons. The molecule has 5 rings (SSSR count). The summed E-state index contributed by atoms with van der Waals surface area (Å²) in [4.78, 5) is 48.4. The Morgan fingerprint density at radius 3 is 2.67 bits per heavy atom. The van der Waals surface area contributed by atoms with Gasteiger partial charge in [-0.05, 0) is 29.7 Å². The highest BCUT2D eigenvalue weighted by Crippen LogP contribution is 2.30. The summed E-state index contributed by atoms with van der Waals surface area (Å²) in [6.07, 6.45) is 8.64. The summed E-state index contributed by atoms with van der Waals surface area (Å²) in [6.45, 7) is 0.367. The van der Waals surface area contributed by atoms with Crippen molar-refractivity contribution in [2.24, 2.45) is 0 Å². The van der Waals surface area contributed by atoms with Crippen LogP contribution in [0.1, 0.15) is 38.4 Å². The van der Waals surface area contributed by atoms with Crippen LogP contribution in [-0.4, -0.2) is 51.2 Å². The Balaban J connectivity index is 1.38. The second kappa shape index (κ2) is 8.66. The van der Waals surface area contributed by atoms with Crippen LogP contribution in [-0.2, 0) is 4.79 Å². The van der Waals surface area contributed by atoms with Crippen LogP contribution >= 0.6 is 0 Å². The van der Waals surface area contributed by atoms with E-state index in [-0.39, 0.29) is 17.5 Å². The number of hydrogen-bond acceptors (Lipinski definition) is 5. The van der Waals surface area contributed by atoms with Gasteiger partial charge in [-0.1, -0.05) is 48.6 Å². The minimum Gasteiger partial charge on any atom is -0.345 e. The van der Waals surface area contributed by atoms with Gasteiger partial charge in [0.15, 0.2) is 0 Å². The molecule has 8 heteroatoms. The second-order valence-corrected chi connectivity index (χ2v) is 7.94. The molecule has 1 saturated heterocycles. The number of nitrogens with zero attached hydrogens (tertiary/aromatic N) is 3. The summed E-state index contributed by atoms with van der Waals surface area (Å²) < 4.78 is 0. The summed E-state index contributed by atoms with van der Waals surface area (Å²) in [6, 6.07) is 13.9. The lowest BCUT2D eigenvalue weighted by molar-refractivity contribution is -0.120. The van der Waals surface area contributed by atoms with E-state index in [0.717, 1.165) is 11.1 Å². The van der Waals surface area contributed by atoms with E-state index < -0.39 is 18.0 Å². The number of rotatable bonds is 4. The maximum Gasteiger partial charge on any atom is 0.271 e. The zero-order chi connectivity index (χ0) is 22.8. The first-order valence-electron chi connectivity index (χ1n) is 10.7. The van der Waals surface area contributed by atoms with Gasteiger partial charge in [-0.2, -0.15) is 0 Å². The average molecular weight is 439 g/mol. The van der Waals surface area contributed by atoms with E-state index in [1.54, 1.807) is 12.1 Å². The largest absolute Gasteiger partial charge is 0.345 e. The molecule has 0 spiro atoms. The molecule has 1 aromatic heterocycles. The second-order valence-electron chi connectivity index (χ2n) is 7.94. The van der Waals surface area contributed by atoms with Crippen LogP contribution in [0.15, 0.2) is 67.1 Å². The summed E-state index contributed by atoms with van der Waals surface area (Å²) in [7, 11) is 0. The Hall–Kier alpha value is -4.33. The van der Waals surface area contributed by atoms with Crippen LogP contribution in [0.3, 0.4) is 0 Å². The molecule has 2 unspecified atom stereocenters. The molecular weight excluding hydrogens is 418 g/mol. The molecular formula is C25H21N5O3. The van der Waals surface area contributed by atoms with E-state index in [1.165, 1.54) is 23.5 Å². The lowest BCUT2D eigenvalue weighted by Crippen LogP contribution is -2.51. The first-order valence-corrected chi connectivity index (χ1v) is 10.7. The average Bonchev–Trinajstić information content (AvgIpc) is 3.23. The van der Waals surface area contributed by atoms with Crippen molar-refractivity contribution in [3.05, 3.63) is 89.5 Å². The molecule has 2 N–H and O–H groups in total. The van der Waals surface area contributed by atoms with E-state index in [9.17, 15) is 14.4 Å². The van der Waals surface area contributed by atoms with Gasteiger partial charge >= 0.3 is 0 Å². The van der Waals surface area contributed by atoms with Gasteiger partial charge in [0.25, 0.3) is 11.8 Å². The van der Waals surface area contributed by atoms with Gasteiger partial charge in [-0.25, -0.2) is 4.98 Å². The van der Waals surface area contributed by atoms with Crippen LogP contribution in [0, 0.1) is 0 Å². The Kier molecular flexibility index (Phi) is 5.40. The first kappa shape index (κ1) is 20.6. The monoisotopic (exact) mass is 439 g/mol. The third-order valence-electron chi connectivity index (χ3n) is 5.84. The van der Waals surface area contributed by atoms with Crippen LogP contribution in [0.5, 0.6) is 0 Å². The molecule has 0 bridgehead atoms. The fourth-order valence-corrected chi connectivity index (χ4v) is 4.22. The number of nitrogens with one attached hydrogen (secondary N) is 2. The van der Waals surface area contributed by atoms with Crippen molar-refractivity contribution in [3.8, 4) is 0 Å². The molecule has 2 aliphatic rings. The Labute approximate surface area is 190 Å². The summed E-state index contributed by atoms with van der Waals surface area (Å²) in [5.41, 5.74) is 2.96. The number of carbonyl (C=O) groups excluding carboxylic acids is 3. The first-order chi connectivity index (χ1) is 16.1. The van der Waals surface area contributed by atoms with E-state index in [1.807, 2.05) is 48.6 Å². The number of benzene rings is 2. The quantitative estimate of drug-likeness (QED) is 0.608. The molecule has 8 nitrogen and oxygen atoms in total. The normalized spacial score (nSPS) is 19.6. The minimum absolute atomic E-state index is 0.162. The van der Waals surface area contributed by atoms with Gasteiger partial charge < -0.3 is 15.5 Å². The van der Waals surface area contributed by atoms with Crippen molar-refractivity contribution in [1.29, 1.82) is 0 Å². The van der Waals surface area contributed by atoms with Crippen molar-refractivity contribution < 1.29 is 14.4 Å². The van der Waals surface area contributed by atoms with Crippen LogP contribution in [0.4, 0.5) is 5.69 Å². The number of aromatic nitrogens is 2. The third kappa shape index (κ3) is 4.10. The molecule has 33 heavy (non-hydrogen) atoms. The highest BCUT2D eigenvalue weighted by atomic mass is 16.2. The predicted octanol–water partition coefficient (Wildman–Crippen LogP) is 2.61. The van der Waals surface area contributed by atoms with Gasteiger partial charge in [-0.3, -0.25) is 19.4 Å². The third-order valence-corrected chi connectivity index (χ3v) is 5.84. The molecule has 164 valence electrons. The number of carbonyl (C=O) groups is 3. The molecule has 2 aliphatic heterocycles. The van der Waals surface area contributed by atoms with Crippen molar-refractivity contribution in [3.63, 3.8) is 0 Å². The topological polar surface area (TPSA) is 104 Å². The fraction of sp³-hybridized carbons (Fsp3) is 0.160. The highest BCUT2D eigenvalue weighted by molar-refractivity contribution is 6.11. The van der Waals surface area contributed by atoms with Gasteiger partial charge in [0, 0.05) is 18.9 Å². The van der Waals surface area contributed by atoms with Gasteiger partial charge in [0.05, 0.1) is 23.5 Å². The van der Waals surface area contributed by atoms with Crippen molar-refractivity contribution in [2.75, 3.05) is 11.9 Å². The van der Waals surface area contributed by atoms with Crippen molar-refractivity contribution in [2.45, 2.75) is 18.5 Å². The lowest BCUT2D eigenvalue weighted by Gasteiger charge is -2.24. The maximum absolute atomic E-state index is 13.4. The van der Waals surface area contributed by atoms with Gasteiger partial charge in [-0.15, -0.1) is 0 Å². The highest BCUT2D eigenvalue weighted by Gasteiger charge is 2.45. The maximum atomic E-state index is 13.4. The summed E-state index contributed by atoms with van der Waals surface area (Å²) in [5.74, 6) is -0.985. The summed E-state index contributed by atoms with van der Waals surface area (Å²) >= 11 is 0. The zero-order valence-corrected chi connectivity index (χ0v) is 17.6. The van der Waals surface area contributed by atoms with E-state index in [2.05, 4.69) is 20.6 Å². The minimum atomic E-state index is -0.797. The molecule has 2 atom stereocenters. The molecule has 2 aromatic carbocycles.